The van der Waals surface area contributed by atoms with E-state index < -0.39 is 0 Å². The zero-order chi connectivity index (χ0) is 20.2. The molecule has 2 aliphatic rings. The van der Waals surface area contributed by atoms with Crippen LogP contribution in [-0.2, 0) is 0 Å². The molecule has 2 N–H and O–H groups in total. The zero-order valence-electron chi connectivity index (χ0n) is 16.4. The van der Waals surface area contributed by atoms with Crippen LogP contribution in [0.4, 0.5) is 11.4 Å². The van der Waals surface area contributed by atoms with E-state index in [-0.39, 0.29) is 0 Å². The summed E-state index contributed by atoms with van der Waals surface area (Å²) in [6.07, 6.45) is 0. The first-order valence-corrected chi connectivity index (χ1v) is 13.1. The van der Waals surface area contributed by atoms with E-state index in [0.29, 0.717) is 0 Å². The summed E-state index contributed by atoms with van der Waals surface area (Å²) in [6, 6.07) is 17.0. The molecule has 6 rings (SSSR count). The quantitative estimate of drug-likeness (QED) is 0.311. The van der Waals surface area contributed by atoms with Crippen molar-refractivity contribution in [2.24, 2.45) is 0 Å². The molecule has 30 heavy (non-hydrogen) atoms. The molecule has 148 valence electrons. The van der Waals surface area contributed by atoms with E-state index in [1.807, 2.05) is 22.7 Å². The van der Waals surface area contributed by atoms with E-state index in [0.717, 1.165) is 0 Å². The van der Waals surface area contributed by atoms with Gasteiger partial charge in [0.2, 0.25) is 0 Å². The average Bonchev–Trinajstić information content (AvgIpc) is 3.29. The predicted molar refractivity (Wildman–Crippen MR) is 137 cm³/mol. The van der Waals surface area contributed by atoms with E-state index in [1.165, 1.54) is 62.8 Å². The van der Waals surface area contributed by atoms with Crippen LogP contribution in [0.1, 0.15) is 20.9 Å². The van der Waals surface area contributed by atoms with Gasteiger partial charge >= 0.3 is 0 Å². The summed E-state index contributed by atoms with van der Waals surface area (Å²) in [5, 5.41) is 13.2. The first-order chi connectivity index (χ1) is 14.7. The molecule has 0 radical (unpaired) electrons. The van der Waals surface area contributed by atoms with Crippen LogP contribution in [-0.4, -0.2) is 0 Å². The third-order valence-electron chi connectivity index (χ3n) is 5.43. The van der Waals surface area contributed by atoms with Gasteiger partial charge in [0, 0.05) is 26.0 Å². The van der Waals surface area contributed by atoms with Gasteiger partial charge in [-0.3, -0.25) is 0 Å². The van der Waals surface area contributed by atoms with Crippen molar-refractivity contribution in [1.29, 1.82) is 0 Å². The molecular weight excluding hydrogens is 445 g/mol. The van der Waals surface area contributed by atoms with E-state index in [9.17, 15) is 0 Å². The minimum Gasteiger partial charge on any atom is -0.353 e. The molecule has 0 unspecified atom stereocenters. The largest absolute Gasteiger partial charge is 0.353 e. The van der Waals surface area contributed by atoms with E-state index in [4.69, 9.17) is 0 Å². The molecule has 2 aromatic carbocycles. The first kappa shape index (κ1) is 18.6. The second-order valence-electron chi connectivity index (χ2n) is 7.32. The third-order valence-corrected chi connectivity index (χ3v) is 10.1. The number of thiophene rings is 2. The minimum atomic E-state index is 1.20. The lowest BCUT2D eigenvalue weighted by Crippen LogP contribution is -2.03. The lowest BCUT2D eigenvalue weighted by Gasteiger charge is -2.19. The molecule has 0 fully saturated rings. The molecule has 2 aliphatic heterocycles. The Hall–Kier alpha value is -2.12. The molecule has 0 bridgehead atoms. The Morgan fingerprint density at radius 1 is 0.633 bits per heavy atom. The van der Waals surface area contributed by atoms with E-state index >= 15 is 0 Å². The molecule has 4 aromatic rings. The maximum atomic E-state index is 3.64. The summed E-state index contributed by atoms with van der Waals surface area (Å²) >= 11 is 7.40. The molecule has 0 saturated carbocycles. The summed E-state index contributed by atoms with van der Waals surface area (Å²) in [4.78, 5) is 5.25. The van der Waals surface area contributed by atoms with Crippen LogP contribution >= 0.6 is 46.2 Å². The number of aryl methyl sites for hydroxylation is 2. The maximum Gasteiger partial charge on any atom is 0.0884 e. The summed E-state index contributed by atoms with van der Waals surface area (Å²) in [7, 11) is 0. The summed E-state index contributed by atoms with van der Waals surface area (Å²) < 4.78 is 1.40. The number of hydrogen-bond acceptors (Lipinski definition) is 6. The molecule has 0 amide bonds. The van der Waals surface area contributed by atoms with Crippen molar-refractivity contribution in [1.82, 2.24) is 0 Å². The van der Waals surface area contributed by atoms with Crippen molar-refractivity contribution in [3.8, 4) is 0 Å². The summed E-state index contributed by atoms with van der Waals surface area (Å²) in [5.41, 5.74) is 7.56. The number of thioether (sulfide) groups is 2. The molecular formula is C24H18N2S4. The highest BCUT2D eigenvalue weighted by molar-refractivity contribution is 8.02. The van der Waals surface area contributed by atoms with Crippen molar-refractivity contribution in [3.63, 3.8) is 0 Å². The number of para-hydroxylation sites is 2. The van der Waals surface area contributed by atoms with Crippen LogP contribution in [0.5, 0.6) is 0 Å². The highest BCUT2D eigenvalue weighted by Crippen LogP contribution is 2.48. The van der Waals surface area contributed by atoms with Gasteiger partial charge in [-0.2, -0.15) is 0 Å². The van der Waals surface area contributed by atoms with Gasteiger partial charge in [-0.05, 0) is 49.2 Å². The smallest absolute Gasteiger partial charge is 0.0884 e. The second kappa shape index (κ2) is 7.24. The highest BCUT2D eigenvalue weighted by atomic mass is 32.2. The maximum absolute atomic E-state index is 3.64. The molecule has 2 aromatic heterocycles. The van der Waals surface area contributed by atoms with Gasteiger partial charge in [0.15, 0.2) is 0 Å². The Morgan fingerprint density at radius 2 is 1.10 bits per heavy atom. The molecule has 0 saturated heterocycles. The van der Waals surface area contributed by atoms with Gasteiger partial charge in [-0.1, -0.05) is 47.8 Å². The van der Waals surface area contributed by atoms with E-state index in [1.54, 1.807) is 23.5 Å². The molecule has 6 heteroatoms. The Balaban J connectivity index is 1.37. The predicted octanol–water partition coefficient (Wildman–Crippen LogP) is 8.61. The number of rotatable bonds is 2. The lowest BCUT2D eigenvalue weighted by molar-refractivity contribution is 1.40. The van der Waals surface area contributed by atoms with Gasteiger partial charge in [-0.25, -0.2) is 0 Å². The summed E-state index contributed by atoms with van der Waals surface area (Å²) in [6.45, 7) is 4.52. The number of fused-ring (bicyclic) bond motifs is 3. The van der Waals surface area contributed by atoms with Crippen molar-refractivity contribution < 1.29 is 0 Å². The molecule has 0 spiro atoms. The van der Waals surface area contributed by atoms with Crippen LogP contribution in [0.2, 0.25) is 0 Å². The van der Waals surface area contributed by atoms with Crippen molar-refractivity contribution in [3.05, 3.63) is 80.2 Å². The number of hydrogen-bond donors (Lipinski definition) is 2. The van der Waals surface area contributed by atoms with Gasteiger partial charge in [0.25, 0.3) is 0 Å². The Morgan fingerprint density at radius 3 is 1.57 bits per heavy atom. The average molecular weight is 463 g/mol. The SMILES string of the molecule is Cc1c(C2=CSc3ccccc3N2)sc2sc(C3=CSc4ccccc4N3)c(C)c12. The molecule has 2 nitrogen and oxygen atoms in total. The van der Waals surface area contributed by atoms with Crippen LogP contribution in [0, 0.1) is 13.8 Å². The molecule has 0 atom stereocenters. The van der Waals surface area contributed by atoms with Gasteiger partial charge < -0.3 is 10.6 Å². The number of nitrogens with one attached hydrogen (secondary N) is 2. The normalized spacial score (nSPS) is 15.0. The number of benzene rings is 2. The topological polar surface area (TPSA) is 24.1 Å². The highest BCUT2D eigenvalue weighted by Gasteiger charge is 2.23. The lowest BCUT2D eigenvalue weighted by atomic mass is 10.1. The Labute approximate surface area is 192 Å². The van der Waals surface area contributed by atoms with Gasteiger partial charge in [0.1, 0.15) is 0 Å². The fourth-order valence-corrected chi connectivity index (χ4v) is 8.55. The Kier molecular flexibility index (Phi) is 4.49. The van der Waals surface area contributed by atoms with E-state index in [2.05, 4.69) is 83.8 Å². The summed E-state index contributed by atoms with van der Waals surface area (Å²) in [5.74, 6) is 0. The fourth-order valence-electron chi connectivity index (χ4n) is 3.95. The van der Waals surface area contributed by atoms with Crippen molar-refractivity contribution in [2.45, 2.75) is 23.6 Å². The molecule has 0 aliphatic carbocycles. The van der Waals surface area contributed by atoms with Gasteiger partial charge in [-0.15, -0.1) is 22.7 Å². The zero-order valence-corrected chi connectivity index (χ0v) is 19.7. The molecule has 4 heterocycles. The second-order valence-corrected chi connectivity index (χ2v) is 11.4. The van der Waals surface area contributed by atoms with Crippen molar-refractivity contribution >= 4 is 78.4 Å². The third kappa shape index (κ3) is 2.94. The minimum absolute atomic E-state index is 1.20. The van der Waals surface area contributed by atoms with Crippen LogP contribution < -0.4 is 10.6 Å². The number of anilines is 2. The van der Waals surface area contributed by atoms with Crippen LogP contribution in [0.3, 0.4) is 0 Å². The van der Waals surface area contributed by atoms with Gasteiger partial charge in [0.05, 0.1) is 36.5 Å². The van der Waals surface area contributed by atoms with Crippen LogP contribution in [0.15, 0.2) is 69.1 Å². The fraction of sp³-hybridized carbons (Fsp3) is 0.0833. The van der Waals surface area contributed by atoms with Crippen molar-refractivity contribution in [2.75, 3.05) is 10.6 Å². The monoisotopic (exact) mass is 462 g/mol. The standard InChI is InChI=1S/C24H18N2S4/c1-13-21-14(2)23(18-12-28-20-10-6-4-8-16(20)26-18)30-24(21)29-22(13)17-11-27-19-9-5-3-7-15(19)25-17/h3-12,25-26H,1-2H3. The van der Waals surface area contributed by atoms with Crippen LogP contribution in [0.25, 0.3) is 20.8 Å². The Bertz CT molecular complexity index is 1270. The first-order valence-electron chi connectivity index (χ1n) is 9.68.